The Labute approximate surface area is 243 Å². The highest BCUT2D eigenvalue weighted by Gasteiger charge is 2.17. The Balaban J connectivity index is 1.27. The largest absolute Gasteiger partial charge is 0.316 e. The first-order chi connectivity index (χ1) is 20.8. The topological polar surface area (TPSA) is 9.86 Å². The van der Waals surface area contributed by atoms with Gasteiger partial charge in [0.15, 0.2) is 0 Å². The van der Waals surface area contributed by atoms with E-state index in [2.05, 4.69) is 167 Å². The van der Waals surface area contributed by atoms with E-state index < -0.39 is 0 Å². The molecule has 2 aromatic heterocycles. The number of hydrogen-bond acceptors (Lipinski definition) is 0. The first-order valence-corrected chi connectivity index (χ1v) is 14.5. The Morgan fingerprint density at radius 3 is 1.90 bits per heavy atom. The van der Waals surface area contributed by atoms with E-state index in [0.717, 1.165) is 5.69 Å². The fourth-order valence-electron chi connectivity index (χ4n) is 6.84. The van der Waals surface area contributed by atoms with Crippen LogP contribution in [0.25, 0.3) is 76.8 Å². The van der Waals surface area contributed by atoms with Crippen LogP contribution in [-0.2, 0) is 0 Å². The third kappa shape index (κ3) is 3.33. The highest BCUT2D eigenvalue weighted by atomic mass is 15.0. The molecule has 0 amide bonds. The molecule has 0 saturated heterocycles. The van der Waals surface area contributed by atoms with Gasteiger partial charge in [-0.3, -0.25) is 0 Å². The minimum absolute atomic E-state index is 1.16. The highest BCUT2D eigenvalue weighted by molar-refractivity contribution is 6.18. The minimum atomic E-state index is 1.16. The molecule has 0 atom stereocenters. The molecule has 196 valence electrons. The number of nitrogens with zero attached hydrogens (tertiary/aromatic N) is 2. The van der Waals surface area contributed by atoms with Crippen LogP contribution < -0.4 is 0 Å². The number of rotatable bonds is 3. The second-order valence-corrected chi connectivity index (χ2v) is 11.0. The molecule has 0 bridgehead atoms. The van der Waals surface area contributed by atoms with E-state index in [1.807, 2.05) is 0 Å². The molecule has 0 saturated carbocycles. The summed E-state index contributed by atoms with van der Waals surface area (Å²) in [7, 11) is 0. The van der Waals surface area contributed by atoms with Crippen molar-refractivity contribution in [2.75, 3.05) is 0 Å². The van der Waals surface area contributed by atoms with Crippen LogP contribution in [0.15, 0.2) is 158 Å². The van der Waals surface area contributed by atoms with Gasteiger partial charge in [-0.25, -0.2) is 0 Å². The molecule has 0 radical (unpaired) electrons. The van der Waals surface area contributed by atoms with E-state index in [0.29, 0.717) is 0 Å². The molecule has 0 aliphatic heterocycles. The summed E-state index contributed by atoms with van der Waals surface area (Å²) in [5, 5.41) is 8.93. The molecule has 7 aromatic carbocycles. The number of para-hydroxylation sites is 2. The number of fused-ring (bicyclic) bond motifs is 8. The molecule has 0 N–H and O–H groups in total. The van der Waals surface area contributed by atoms with Gasteiger partial charge in [0, 0.05) is 33.7 Å². The van der Waals surface area contributed by atoms with Gasteiger partial charge in [-0.15, -0.1) is 0 Å². The van der Waals surface area contributed by atoms with Crippen molar-refractivity contribution in [1.29, 1.82) is 0 Å². The van der Waals surface area contributed by atoms with Crippen molar-refractivity contribution in [2.24, 2.45) is 0 Å². The molecular weight excluding hydrogens is 508 g/mol. The van der Waals surface area contributed by atoms with Gasteiger partial charge < -0.3 is 9.13 Å². The summed E-state index contributed by atoms with van der Waals surface area (Å²) in [5.41, 5.74) is 8.49. The van der Waals surface area contributed by atoms with Crippen LogP contribution in [0.3, 0.4) is 0 Å². The Bertz CT molecular complexity index is 2440. The molecule has 0 aliphatic carbocycles. The number of hydrogen-bond donors (Lipinski definition) is 0. The third-order valence-corrected chi connectivity index (χ3v) is 8.74. The first kappa shape index (κ1) is 23.1. The zero-order chi connectivity index (χ0) is 27.6. The van der Waals surface area contributed by atoms with Crippen LogP contribution >= 0.6 is 0 Å². The summed E-state index contributed by atoms with van der Waals surface area (Å²) in [6, 6.07) is 55.0. The molecule has 0 fully saturated rings. The number of aromatic nitrogens is 2. The predicted octanol–water partition coefficient (Wildman–Crippen LogP) is 10.7. The highest BCUT2D eigenvalue weighted by Crippen LogP contribution is 2.39. The normalized spacial score (nSPS) is 11.8. The second kappa shape index (κ2) is 8.95. The molecule has 9 rings (SSSR count). The van der Waals surface area contributed by atoms with Gasteiger partial charge in [0.2, 0.25) is 0 Å². The lowest BCUT2D eigenvalue weighted by Crippen LogP contribution is -1.95. The third-order valence-electron chi connectivity index (χ3n) is 8.74. The van der Waals surface area contributed by atoms with Crippen molar-refractivity contribution in [3.8, 4) is 22.5 Å². The van der Waals surface area contributed by atoms with Gasteiger partial charge in [0.05, 0.1) is 16.6 Å². The van der Waals surface area contributed by atoms with Crippen molar-refractivity contribution < 1.29 is 0 Å². The number of benzene rings is 7. The van der Waals surface area contributed by atoms with Crippen molar-refractivity contribution >= 4 is 54.3 Å². The van der Waals surface area contributed by atoms with Gasteiger partial charge in [0.1, 0.15) is 0 Å². The van der Waals surface area contributed by atoms with Crippen molar-refractivity contribution in [3.63, 3.8) is 0 Å². The van der Waals surface area contributed by atoms with Gasteiger partial charge in [-0.2, -0.15) is 0 Å². The Morgan fingerprint density at radius 2 is 1.07 bits per heavy atom. The quantitative estimate of drug-likeness (QED) is 0.200. The predicted molar refractivity (Wildman–Crippen MR) is 178 cm³/mol. The summed E-state index contributed by atoms with van der Waals surface area (Å²) in [4.78, 5) is 0. The average Bonchev–Trinajstić information content (AvgIpc) is 3.64. The summed E-state index contributed by atoms with van der Waals surface area (Å²) in [6.07, 6.45) is 2.19. The molecular formula is C40H26N2. The van der Waals surface area contributed by atoms with Crippen LogP contribution in [0.2, 0.25) is 0 Å². The molecule has 0 unspecified atom stereocenters. The lowest BCUT2D eigenvalue weighted by molar-refractivity contribution is 1.13. The second-order valence-electron chi connectivity index (χ2n) is 11.0. The lowest BCUT2D eigenvalue weighted by atomic mass is 9.93. The van der Waals surface area contributed by atoms with E-state index in [4.69, 9.17) is 0 Å². The van der Waals surface area contributed by atoms with E-state index in [1.165, 1.54) is 71.1 Å². The Hall–Kier alpha value is -5.60. The van der Waals surface area contributed by atoms with Crippen LogP contribution in [0.5, 0.6) is 0 Å². The smallest absolute Gasteiger partial charge is 0.0635 e. The standard InChI is InChI=1S/C40H26N2/c1-2-11-29(12-3-1)41-25-24-36-38(41)23-22-35-34-16-8-9-17-39(34)42(40(35)36)30-20-18-27(19-21-30)37-26-28-10-4-5-13-31(28)32-14-6-7-15-33(32)37/h1-26H. The van der Waals surface area contributed by atoms with Gasteiger partial charge in [-0.05, 0) is 81.2 Å². The van der Waals surface area contributed by atoms with Crippen molar-refractivity contribution in [3.05, 3.63) is 158 Å². The molecule has 2 nitrogen and oxygen atoms in total. The van der Waals surface area contributed by atoms with E-state index in [-0.39, 0.29) is 0 Å². The SMILES string of the molecule is c1ccc(-n2ccc3c2ccc2c4ccccc4n(-c4ccc(-c5cc6ccccc6c6ccccc56)cc4)c23)cc1. The van der Waals surface area contributed by atoms with Crippen molar-refractivity contribution in [1.82, 2.24) is 9.13 Å². The summed E-state index contributed by atoms with van der Waals surface area (Å²) in [6.45, 7) is 0. The zero-order valence-electron chi connectivity index (χ0n) is 22.9. The van der Waals surface area contributed by atoms with E-state index >= 15 is 0 Å². The Kier molecular flexibility index (Phi) is 4.93. The maximum atomic E-state index is 2.44. The van der Waals surface area contributed by atoms with E-state index in [1.54, 1.807) is 0 Å². The molecule has 42 heavy (non-hydrogen) atoms. The van der Waals surface area contributed by atoms with Crippen LogP contribution in [-0.4, -0.2) is 9.13 Å². The van der Waals surface area contributed by atoms with Crippen LogP contribution in [0.1, 0.15) is 0 Å². The average molecular weight is 535 g/mol. The first-order valence-electron chi connectivity index (χ1n) is 14.5. The van der Waals surface area contributed by atoms with Gasteiger partial charge in [-0.1, -0.05) is 103 Å². The zero-order valence-corrected chi connectivity index (χ0v) is 22.9. The monoisotopic (exact) mass is 534 g/mol. The summed E-state index contributed by atoms with van der Waals surface area (Å²) in [5.74, 6) is 0. The maximum absolute atomic E-state index is 2.44. The minimum Gasteiger partial charge on any atom is -0.316 e. The van der Waals surface area contributed by atoms with Crippen molar-refractivity contribution in [2.45, 2.75) is 0 Å². The fourth-order valence-corrected chi connectivity index (χ4v) is 6.84. The molecule has 0 spiro atoms. The fraction of sp³-hybridized carbons (Fsp3) is 0. The van der Waals surface area contributed by atoms with Gasteiger partial charge in [0.25, 0.3) is 0 Å². The maximum Gasteiger partial charge on any atom is 0.0635 e. The Morgan fingerprint density at radius 1 is 0.381 bits per heavy atom. The van der Waals surface area contributed by atoms with Gasteiger partial charge >= 0.3 is 0 Å². The molecule has 2 heteroatoms. The molecule has 9 aromatic rings. The van der Waals surface area contributed by atoms with Crippen LogP contribution in [0.4, 0.5) is 0 Å². The lowest BCUT2D eigenvalue weighted by Gasteiger charge is -2.13. The summed E-state index contributed by atoms with van der Waals surface area (Å²) < 4.78 is 4.72. The molecule has 2 heterocycles. The summed E-state index contributed by atoms with van der Waals surface area (Å²) >= 11 is 0. The molecule has 0 aliphatic rings. The van der Waals surface area contributed by atoms with Crippen LogP contribution in [0, 0.1) is 0 Å². The van der Waals surface area contributed by atoms with E-state index in [9.17, 15) is 0 Å².